The van der Waals surface area contributed by atoms with E-state index in [-0.39, 0.29) is 12.1 Å². The van der Waals surface area contributed by atoms with E-state index in [9.17, 15) is 5.11 Å². The van der Waals surface area contributed by atoms with Gasteiger partial charge < -0.3 is 20.2 Å². The first-order valence-corrected chi connectivity index (χ1v) is 5.79. The third-order valence-corrected chi connectivity index (χ3v) is 3.35. The molecular weight excluding hydrogens is 190 g/mol. The summed E-state index contributed by atoms with van der Waals surface area (Å²) in [5, 5.41) is 12.6. The second-order valence-corrected chi connectivity index (χ2v) is 4.87. The molecule has 2 N–H and O–H groups in total. The molecule has 1 aliphatic heterocycles. The lowest BCUT2D eigenvalue weighted by atomic mass is 10.0. The van der Waals surface area contributed by atoms with Crippen molar-refractivity contribution in [2.45, 2.75) is 18.4 Å². The molecule has 1 rings (SSSR count). The molecule has 4 nitrogen and oxygen atoms in total. The maximum absolute atomic E-state index is 9.35. The minimum atomic E-state index is -0.0435. The fourth-order valence-corrected chi connectivity index (χ4v) is 2.17. The fourth-order valence-electron chi connectivity index (χ4n) is 2.17. The molecule has 1 heterocycles. The van der Waals surface area contributed by atoms with E-state index in [4.69, 9.17) is 0 Å². The van der Waals surface area contributed by atoms with Gasteiger partial charge in [-0.15, -0.1) is 0 Å². The molecule has 0 aliphatic carbocycles. The van der Waals surface area contributed by atoms with E-state index in [1.54, 1.807) is 0 Å². The van der Waals surface area contributed by atoms with Gasteiger partial charge in [-0.3, -0.25) is 0 Å². The van der Waals surface area contributed by atoms with Crippen LogP contribution in [-0.4, -0.2) is 74.4 Å². The summed E-state index contributed by atoms with van der Waals surface area (Å²) in [6.45, 7) is 4.61. The third kappa shape index (κ3) is 3.72. The number of hydrogen-bond acceptors (Lipinski definition) is 4. The number of nitrogens with one attached hydrogen (secondary N) is 1. The fraction of sp³-hybridized carbons (Fsp3) is 1.00. The summed E-state index contributed by atoms with van der Waals surface area (Å²) in [4.78, 5) is 4.66. The number of rotatable bonds is 6. The van der Waals surface area contributed by atoms with E-state index in [0.29, 0.717) is 0 Å². The van der Waals surface area contributed by atoms with Gasteiger partial charge in [-0.05, 0) is 47.1 Å². The molecule has 0 aromatic carbocycles. The summed E-state index contributed by atoms with van der Waals surface area (Å²) in [7, 11) is 6.16. The van der Waals surface area contributed by atoms with Crippen LogP contribution in [0.2, 0.25) is 0 Å². The van der Waals surface area contributed by atoms with Crippen molar-refractivity contribution >= 4 is 0 Å². The summed E-state index contributed by atoms with van der Waals surface area (Å²) in [5.41, 5.74) is -0.0435. The van der Waals surface area contributed by atoms with Gasteiger partial charge in [-0.1, -0.05) is 0 Å². The van der Waals surface area contributed by atoms with E-state index in [0.717, 1.165) is 32.6 Å². The molecule has 0 saturated carbocycles. The monoisotopic (exact) mass is 215 g/mol. The van der Waals surface area contributed by atoms with Crippen LogP contribution in [0.15, 0.2) is 0 Å². The van der Waals surface area contributed by atoms with Crippen LogP contribution in [0.4, 0.5) is 0 Å². The Bertz CT molecular complexity index is 181. The van der Waals surface area contributed by atoms with Crippen LogP contribution in [0, 0.1) is 0 Å². The molecule has 1 unspecified atom stereocenters. The molecule has 0 bridgehead atoms. The van der Waals surface area contributed by atoms with Crippen molar-refractivity contribution in [3.8, 4) is 0 Å². The molecule has 1 fully saturated rings. The van der Waals surface area contributed by atoms with Crippen molar-refractivity contribution in [2.75, 3.05) is 53.9 Å². The van der Waals surface area contributed by atoms with Gasteiger partial charge in [0.05, 0.1) is 12.1 Å². The van der Waals surface area contributed by atoms with Crippen molar-refractivity contribution in [1.82, 2.24) is 15.1 Å². The van der Waals surface area contributed by atoms with E-state index in [1.165, 1.54) is 6.42 Å². The van der Waals surface area contributed by atoms with Gasteiger partial charge in [0, 0.05) is 13.1 Å². The highest BCUT2D eigenvalue weighted by molar-refractivity contribution is 4.95. The number of aliphatic hydroxyl groups excluding tert-OH is 1. The minimum absolute atomic E-state index is 0.0435. The van der Waals surface area contributed by atoms with E-state index < -0.39 is 0 Å². The van der Waals surface area contributed by atoms with Crippen molar-refractivity contribution in [3.63, 3.8) is 0 Å². The van der Waals surface area contributed by atoms with E-state index >= 15 is 0 Å². The highest BCUT2D eigenvalue weighted by atomic mass is 16.3. The van der Waals surface area contributed by atoms with Gasteiger partial charge in [-0.2, -0.15) is 0 Å². The molecule has 90 valence electrons. The van der Waals surface area contributed by atoms with Crippen LogP contribution in [0.25, 0.3) is 0 Å². The number of aliphatic hydroxyl groups is 1. The molecular formula is C11H25N3O. The molecule has 1 saturated heterocycles. The smallest absolute Gasteiger partial charge is 0.0626 e. The average molecular weight is 215 g/mol. The standard InChI is InChI=1S/C11H25N3O/c1-12-11(10-15)5-8-14(9-11)7-4-6-13(2)3/h12,15H,4-10H2,1-3H3. The summed E-state index contributed by atoms with van der Waals surface area (Å²) in [6.07, 6.45) is 2.26. The van der Waals surface area contributed by atoms with Gasteiger partial charge in [0.25, 0.3) is 0 Å². The molecule has 4 heteroatoms. The second kappa shape index (κ2) is 5.80. The number of likely N-dealkylation sites (N-methyl/N-ethyl adjacent to an activating group) is 1. The zero-order chi connectivity index (χ0) is 11.3. The first-order chi connectivity index (χ1) is 7.12. The number of nitrogens with zero attached hydrogens (tertiary/aromatic N) is 2. The maximum atomic E-state index is 9.35. The van der Waals surface area contributed by atoms with Crippen molar-refractivity contribution in [1.29, 1.82) is 0 Å². The largest absolute Gasteiger partial charge is 0.394 e. The zero-order valence-corrected chi connectivity index (χ0v) is 10.3. The Kier molecular flexibility index (Phi) is 4.99. The SMILES string of the molecule is CNC1(CO)CCN(CCCN(C)C)C1. The Hall–Kier alpha value is -0.160. The Morgan fingerprint density at radius 2 is 2.20 bits per heavy atom. The Labute approximate surface area is 93.2 Å². The molecule has 0 radical (unpaired) electrons. The molecule has 0 aromatic rings. The summed E-state index contributed by atoms with van der Waals surface area (Å²) < 4.78 is 0. The maximum Gasteiger partial charge on any atom is 0.0626 e. The van der Waals surface area contributed by atoms with Gasteiger partial charge in [-0.25, -0.2) is 0 Å². The van der Waals surface area contributed by atoms with Crippen molar-refractivity contribution < 1.29 is 5.11 Å². The van der Waals surface area contributed by atoms with Gasteiger partial charge in [0.2, 0.25) is 0 Å². The highest BCUT2D eigenvalue weighted by Crippen LogP contribution is 2.20. The topological polar surface area (TPSA) is 38.7 Å². The summed E-state index contributed by atoms with van der Waals surface area (Å²) in [6, 6.07) is 0. The Balaban J connectivity index is 2.24. The molecule has 1 atom stereocenters. The summed E-state index contributed by atoms with van der Waals surface area (Å²) >= 11 is 0. The molecule has 1 aliphatic rings. The third-order valence-electron chi connectivity index (χ3n) is 3.35. The lowest BCUT2D eigenvalue weighted by Gasteiger charge is -2.26. The first kappa shape index (κ1) is 12.9. The Morgan fingerprint density at radius 1 is 1.47 bits per heavy atom. The average Bonchev–Trinajstić information content (AvgIpc) is 2.62. The van der Waals surface area contributed by atoms with Gasteiger partial charge in [0.1, 0.15) is 0 Å². The lowest BCUT2D eigenvalue weighted by Crippen LogP contribution is -2.48. The van der Waals surface area contributed by atoms with Crippen LogP contribution in [0.5, 0.6) is 0 Å². The Morgan fingerprint density at radius 3 is 2.67 bits per heavy atom. The molecule has 0 amide bonds. The van der Waals surface area contributed by atoms with Crippen LogP contribution >= 0.6 is 0 Å². The molecule has 0 spiro atoms. The van der Waals surface area contributed by atoms with Crippen LogP contribution in [-0.2, 0) is 0 Å². The van der Waals surface area contributed by atoms with Gasteiger partial charge in [0.15, 0.2) is 0 Å². The summed E-state index contributed by atoms with van der Waals surface area (Å²) in [5.74, 6) is 0. The van der Waals surface area contributed by atoms with Crippen molar-refractivity contribution in [2.24, 2.45) is 0 Å². The van der Waals surface area contributed by atoms with Crippen LogP contribution < -0.4 is 5.32 Å². The second-order valence-electron chi connectivity index (χ2n) is 4.87. The molecule has 15 heavy (non-hydrogen) atoms. The van der Waals surface area contributed by atoms with Gasteiger partial charge >= 0.3 is 0 Å². The number of likely N-dealkylation sites (tertiary alicyclic amines) is 1. The highest BCUT2D eigenvalue weighted by Gasteiger charge is 2.35. The molecule has 0 aromatic heterocycles. The lowest BCUT2D eigenvalue weighted by molar-refractivity contribution is 0.167. The van der Waals surface area contributed by atoms with E-state index in [1.807, 2.05) is 7.05 Å². The quantitative estimate of drug-likeness (QED) is 0.632. The minimum Gasteiger partial charge on any atom is -0.394 e. The number of hydrogen-bond donors (Lipinski definition) is 2. The van der Waals surface area contributed by atoms with Crippen LogP contribution in [0.1, 0.15) is 12.8 Å². The van der Waals surface area contributed by atoms with E-state index in [2.05, 4.69) is 29.2 Å². The van der Waals surface area contributed by atoms with Crippen molar-refractivity contribution in [3.05, 3.63) is 0 Å². The zero-order valence-electron chi connectivity index (χ0n) is 10.3. The van der Waals surface area contributed by atoms with Crippen LogP contribution in [0.3, 0.4) is 0 Å². The normalized spacial score (nSPS) is 27.8. The predicted molar refractivity (Wildman–Crippen MR) is 63.1 cm³/mol. The first-order valence-electron chi connectivity index (χ1n) is 5.79. The predicted octanol–water partition coefficient (Wildman–Crippen LogP) is -0.406.